The first-order valence-electron chi connectivity index (χ1n) is 4.54. The number of hydrogen-bond acceptors (Lipinski definition) is 2. The van der Waals surface area contributed by atoms with Gasteiger partial charge in [0.05, 0.1) is 6.04 Å². The van der Waals surface area contributed by atoms with Crippen molar-refractivity contribution in [3.8, 4) is 0 Å². The quantitative estimate of drug-likeness (QED) is 0.775. The molecule has 0 aromatic rings. The lowest BCUT2D eigenvalue weighted by atomic mass is 10.2. The lowest BCUT2D eigenvalue weighted by molar-refractivity contribution is 0.0371. The minimum atomic E-state index is -2.56. The Balaban J connectivity index is 4.04. The highest BCUT2D eigenvalue weighted by molar-refractivity contribution is 5.68. The number of rotatable bonds is 3. The maximum atomic E-state index is 12.2. The number of hydrogen-bond donors (Lipinski definition) is 1. The lowest BCUT2D eigenvalue weighted by Gasteiger charge is -2.22. The summed E-state index contributed by atoms with van der Waals surface area (Å²) < 4.78 is 29.3. The van der Waals surface area contributed by atoms with E-state index in [0.717, 1.165) is 0 Å². The van der Waals surface area contributed by atoms with E-state index in [-0.39, 0.29) is 6.42 Å². The summed E-state index contributed by atoms with van der Waals surface area (Å²) in [5, 5.41) is 2.11. The molecule has 14 heavy (non-hydrogen) atoms. The van der Waals surface area contributed by atoms with Crippen LogP contribution in [0, 0.1) is 0 Å². The van der Waals surface area contributed by atoms with Crippen LogP contribution < -0.4 is 5.32 Å². The number of carbonyl (C=O) groups excluding carboxylic acids is 1. The first-order valence-corrected chi connectivity index (χ1v) is 4.54. The summed E-state index contributed by atoms with van der Waals surface area (Å²) in [6.07, 6.45) is -3.19. The normalized spacial score (nSPS) is 13.9. The third-order valence-electron chi connectivity index (χ3n) is 1.45. The van der Waals surface area contributed by atoms with Crippen LogP contribution in [-0.2, 0) is 4.74 Å². The Morgan fingerprint density at radius 1 is 1.43 bits per heavy atom. The molecule has 1 amide bonds. The molecule has 0 aromatic heterocycles. The van der Waals surface area contributed by atoms with Gasteiger partial charge in [-0.2, -0.15) is 0 Å². The van der Waals surface area contributed by atoms with Crippen LogP contribution in [0.2, 0.25) is 0 Å². The maximum absolute atomic E-state index is 12.2. The maximum Gasteiger partial charge on any atom is 0.408 e. The van der Waals surface area contributed by atoms with Gasteiger partial charge >= 0.3 is 6.09 Å². The third-order valence-corrected chi connectivity index (χ3v) is 1.45. The molecule has 5 heteroatoms. The standard InChI is InChI=1S/C9H17F2NO2/c1-5-6(7(10)11)12-8(13)14-9(2,3)4/h6-7H,5H2,1-4H3,(H,12,13)/t6-/m0/s1. The van der Waals surface area contributed by atoms with Gasteiger partial charge in [-0.1, -0.05) is 6.92 Å². The topological polar surface area (TPSA) is 38.3 Å². The van der Waals surface area contributed by atoms with E-state index in [1.54, 1.807) is 27.7 Å². The molecule has 0 radical (unpaired) electrons. The molecule has 0 rings (SSSR count). The number of carbonyl (C=O) groups is 1. The molecule has 0 spiro atoms. The van der Waals surface area contributed by atoms with Crippen molar-refractivity contribution < 1.29 is 18.3 Å². The van der Waals surface area contributed by atoms with Crippen LogP contribution in [0.5, 0.6) is 0 Å². The van der Waals surface area contributed by atoms with E-state index in [9.17, 15) is 13.6 Å². The Labute approximate surface area is 82.8 Å². The number of ether oxygens (including phenoxy) is 1. The molecule has 0 aliphatic heterocycles. The number of alkyl halides is 2. The summed E-state index contributed by atoms with van der Waals surface area (Å²) in [7, 11) is 0. The number of halogens is 2. The van der Waals surface area contributed by atoms with Crippen LogP contribution in [0.1, 0.15) is 34.1 Å². The molecule has 0 fully saturated rings. The summed E-state index contributed by atoms with van der Waals surface area (Å²) in [6.45, 7) is 6.61. The minimum Gasteiger partial charge on any atom is -0.444 e. The fraction of sp³-hybridized carbons (Fsp3) is 0.889. The molecule has 0 unspecified atom stereocenters. The third kappa shape index (κ3) is 5.72. The average Bonchev–Trinajstić information content (AvgIpc) is 1.96. The van der Waals surface area contributed by atoms with Gasteiger partial charge in [0.15, 0.2) is 0 Å². The summed E-state index contributed by atoms with van der Waals surface area (Å²) in [4.78, 5) is 11.1. The van der Waals surface area contributed by atoms with Gasteiger partial charge in [-0.25, -0.2) is 13.6 Å². The Hall–Kier alpha value is -0.870. The molecule has 1 atom stereocenters. The monoisotopic (exact) mass is 209 g/mol. The zero-order valence-electron chi connectivity index (χ0n) is 8.93. The molecular weight excluding hydrogens is 192 g/mol. The van der Waals surface area contributed by atoms with E-state index < -0.39 is 24.2 Å². The largest absolute Gasteiger partial charge is 0.444 e. The zero-order valence-corrected chi connectivity index (χ0v) is 8.93. The first-order chi connectivity index (χ1) is 6.26. The second-order valence-corrected chi connectivity index (χ2v) is 4.00. The molecule has 0 saturated carbocycles. The van der Waals surface area contributed by atoms with Crippen molar-refractivity contribution in [2.75, 3.05) is 0 Å². The number of amides is 1. The van der Waals surface area contributed by atoms with Crippen LogP contribution in [-0.4, -0.2) is 24.2 Å². The molecule has 0 bridgehead atoms. The van der Waals surface area contributed by atoms with Crippen molar-refractivity contribution in [3.63, 3.8) is 0 Å². The van der Waals surface area contributed by atoms with Crippen LogP contribution in [0.15, 0.2) is 0 Å². The summed E-state index contributed by atoms with van der Waals surface area (Å²) in [5.74, 6) is 0. The Morgan fingerprint density at radius 3 is 2.21 bits per heavy atom. The van der Waals surface area contributed by atoms with Crippen molar-refractivity contribution in [2.45, 2.75) is 52.2 Å². The van der Waals surface area contributed by atoms with Crippen LogP contribution in [0.4, 0.5) is 13.6 Å². The van der Waals surface area contributed by atoms with Crippen molar-refractivity contribution in [3.05, 3.63) is 0 Å². The molecule has 3 nitrogen and oxygen atoms in total. The predicted molar refractivity (Wildman–Crippen MR) is 49.5 cm³/mol. The fourth-order valence-electron chi connectivity index (χ4n) is 0.802. The second-order valence-electron chi connectivity index (χ2n) is 4.00. The highest BCUT2D eigenvalue weighted by Crippen LogP contribution is 2.09. The van der Waals surface area contributed by atoms with E-state index in [1.165, 1.54) is 0 Å². The van der Waals surface area contributed by atoms with E-state index in [4.69, 9.17) is 4.74 Å². The van der Waals surface area contributed by atoms with Crippen molar-refractivity contribution in [1.29, 1.82) is 0 Å². The van der Waals surface area contributed by atoms with Gasteiger partial charge in [-0.05, 0) is 27.2 Å². The van der Waals surface area contributed by atoms with E-state index in [0.29, 0.717) is 0 Å². The molecular formula is C9H17F2NO2. The van der Waals surface area contributed by atoms with E-state index in [1.807, 2.05) is 0 Å². The van der Waals surface area contributed by atoms with Gasteiger partial charge in [0.1, 0.15) is 5.60 Å². The van der Waals surface area contributed by atoms with Crippen LogP contribution >= 0.6 is 0 Å². The van der Waals surface area contributed by atoms with Crippen LogP contribution in [0.25, 0.3) is 0 Å². The lowest BCUT2D eigenvalue weighted by Crippen LogP contribution is -2.42. The number of nitrogens with one attached hydrogen (secondary N) is 1. The second kappa shape index (κ2) is 5.12. The van der Waals surface area contributed by atoms with Crippen molar-refractivity contribution in [2.24, 2.45) is 0 Å². The smallest absolute Gasteiger partial charge is 0.408 e. The Bertz CT molecular complexity index is 190. The summed E-state index contributed by atoms with van der Waals surface area (Å²) >= 11 is 0. The van der Waals surface area contributed by atoms with E-state index in [2.05, 4.69) is 5.32 Å². The Morgan fingerprint density at radius 2 is 1.93 bits per heavy atom. The molecule has 1 N–H and O–H groups in total. The number of alkyl carbamates (subject to hydrolysis) is 1. The van der Waals surface area contributed by atoms with E-state index >= 15 is 0 Å². The van der Waals surface area contributed by atoms with Gasteiger partial charge in [0.25, 0.3) is 6.43 Å². The summed E-state index contributed by atoms with van der Waals surface area (Å²) in [6, 6.07) is -1.13. The molecule has 0 aliphatic carbocycles. The highest BCUT2D eigenvalue weighted by atomic mass is 19.3. The summed E-state index contributed by atoms with van der Waals surface area (Å²) in [5.41, 5.74) is -0.662. The highest BCUT2D eigenvalue weighted by Gasteiger charge is 2.23. The van der Waals surface area contributed by atoms with Gasteiger partial charge < -0.3 is 10.1 Å². The van der Waals surface area contributed by atoms with Gasteiger partial charge in [-0.3, -0.25) is 0 Å². The van der Waals surface area contributed by atoms with Gasteiger partial charge in [-0.15, -0.1) is 0 Å². The van der Waals surface area contributed by atoms with Crippen molar-refractivity contribution in [1.82, 2.24) is 5.32 Å². The molecule has 84 valence electrons. The van der Waals surface area contributed by atoms with Gasteiger partial charge in [0, 0.05) is 0 Å². The minimum absolute atomic E-state index is 0.177. The molecule has 0 saturated heterocycles. The predicted octanol–water partition coefficient (Wildman–Crippen LogP) is 2.55. The molecule has 0 heterocycles. The fourth-order valence-corrected chi connectivity index (χ4v) is 0.802. The molecule has 0 aliphatic rings. The van der Waals surface area contributed by atoms with Gasteiger partial charge in [0.2, 0.25) is 0 Å². The molecule has 0 aromatic carbocycles. The van der Waals surface area contributed by atoms with Crippen LogP contribution in [0.3, 0.4) is 0 Å². The first kappa shape index (κ1) is 13.1. The van der Waals surface area contributed by atoms with Crippen molar-refractivity contribution >= 4 is 6.09 Å². The zero-order chi connectivity index (χ0) is 11.4. The Kier molecular flexibility index (Phi) is 4.80. The SMILES string of the molecule is CC[C@H](NC(=O)OC(C)(C)C)C(F)F. The average molecular weight is 209 g/mol.